The van der Waals surface area contributed by atoms with E-state index in [0.717, 1.165) is 10.2 Å². The van der Waals surface area contributed by atoms with Crippen molar-refractivity contribution in [2.24, 2.45) is 5.92 Å². The van der Waals surface area contributed by atoms with Gasteiger partial charge in [0, 0.05) is 10.2 Å². The van der Waals surface area contributed by atoms with Gasteiger partial charge in [-0.05, 0) is 32.0 Å². The molecule has 0 atom stereocenters. The fraction of sp³-hybridized carbons (Fsp3) is 0.556. The molecule has 0 amide bonds. The molecular weight excluding hydrogens is 501 g/mol. The molecule has 0 spiro atoms. The summed E-state index contributed by atoms with van der Waals surface area (Å²) in [4.78, 5) is 25.5. The molecule has 0 bridgehead atoms. The highest BCUT2D eigenvalue weighted by Gasteiger charge is 2.25. The van der Waals surface area contributed by atoms with Gasteiger partial charge in [-0.3, -0.25) is 9.59 Å². The molecule has 5 nitrogen and oxygen atoms in total. The molecule has 140 valence electrons. The van der Waals surface area contributed by atoms with Crippen LogP contribution in [0.15, 0.2) is 28.7 Å². The van der Waals surface area contributed by atoms with Gasteiger partial charge in [0.25, 0.3) is 0 Å². The molecule has 0 saturated carbocycles. The minimum atomic E-state index is -0.550. The first-order valence-electron chi connectivity index (χ1n) is 8.14. The van der Waals surface area contributed by atoms with Gasteiger partial charge in [-0.25, -0.2) is 0 Å². The lowest BCUT2D eigenvalue weighted by molar-refractivity contribution is -0.147. The number of rotatable bonds is 9. The Morgan fingerprint density at radius 2 is 1.80 bits per heavy atom. The van der Waals surface area contributed by atoms with E-state index in [1.807, 2.05) is 43.0 Å². The lowest BCUT2D eigenvalue weighted by atomic mass is 10.2. The van der Waals surface area contributed by atoms with Crippen LogP contribution in [0.1, 0.15) is 27.7 Å². The number of carbonyl (C=O) groups is 2. The zero-order valence-electron chi connectivity index (χ0n) is 15.1. The molecule has 1 aromatic carbocycles. The van der Waals surface area contributed by atoms with Crippen LogP contribution < -0.4 is 4.90 Å². The van der Waals surface area contributed by atoms with Gasteiger partial charge in [0.15, 0.2) is 0 Å². The van der Waals surface area contributed by atoms with E-state index < -0.39 is 3.42 Å². The summed E-state index contributed by atoms with van der Waals surface area (Å²) in [6.45, 7) is 8.85. The third-order valence-corrected chi connectivity index (χ3v) is 4.26. The Labute approximate surface area is 171 Å². The van der Waals surface area contributed by atoms with Gasteiger partial charge in [0.05, 0.1) is 19.0 Å². The maximum absolute atomic E-state index is 11.9. The third-order valence-electron chi connectivity index (χ3n) is 3.33. The van der Waals surface area contributed by atoms with Crippen molar-refractivity contribution in [1.82, 2.24) is 0 Å². The number of alkyl halides is 1. The normalized spacial score (nSPS) is 11.3. The van der Waals surface area contributed by atoms with Gasteiger partial charge in [-0.1, -0.05) is 58.4 Å². The molecule has 0 aromatic heterocycles. The van der Waals surface area contributed by atoms with E-state index in [4.69, 9.17) is 9.47 Å². The van der Waals surface area contributed by atoms with Crippen LogP contribution in [0.5, 0.6) is 0 Å². The predicted octanol–water partition coefficient (Wildman–Crippen LogP) is 4.21. The van der Waals surface area contributed by atoms with Crippen molar-refractivity contribution >= 4 is 56.1 Å². The molecule has 0 fully saturated rings. The standard InChI is InChI=1S/C18H25BrINO4/c1-13(2)16(22)24-10-8-21(15-7-5-6-14(19)12-15)9-11-25-17(23)18(3,4)20/h5-7,12-13H,8-11H2,1-4H3. The maximum Gasteiger partial charge on any atom is 0.321 e. The largest absolute Gasteiger partial charge is 0.464 e. The number of nitrogens with zero attached hydrogens (tertiary/aromatic N) is 1. The van der Waals surface area contributed by atoms with E-state index in [2.05, 4.69) is 38.5 Å². The first-order valence-corrected chi connectivity index (χ1v) is 10.0. The lowest BCUT2D eigenvalue weighted by Gasteiger charge is -2.25. The fourth-order valence-corrected chi connectivity index (χ4v) is 2.43. The Kier molecular flexibility index (Phi) is 9.20. The number of anilines is 1. The molecule has 0 aliphatic rings. The van der Waals surface area contributed by atoms with Crippen LogP contribution in [0, 0.1) is 5.92 Å². The van der Waals surface area contributed by atoms with E-state index in [0.29, 0.717) is 13.1 Å². The second-order valence-corrected chi connectivity index (χ2v) is 10.0. The number of carbonyl (C=O) groups excluding carboxylic acids is 2. The highest BCUT2D eigenvalue weighted by molar-refractivity contribution is 14.1. The first-order chi connectivity index (χ1) is 11.6. The number of hydrogen-bond acceptors (Lipinski definition) is 5. The smallest absolute Gasteiger partial charge is 0.321 e. The molecule has 7 heteroatoms. The van der Waals surface area contributed by atoms with Gasteiger partial charge < -0.3 is 14.4 Å². The van der Waals surface area contributed by atoms with Crippen LogP contribution in [-0.2, 0) is 19.1 Å². The Hall–Kier alpha value is -0.830. The maximum atomic E-state index is 11.9. The number of ether oxygens (including phenoxy) is 2. The van der Waals surface area contributed by atoms with E-state index in [-0.39, 0.29) is 31.1 Å². The van der Waals surface area contributed by atoms with Crippen LogP contribution in [0.4, 0.5) is 5.69 Å². The average Bonchev–Trinajstić information content (AvgIpc) is 2.51. The summed E-state index contributed by atoms with van der Waals surface area (Å²) in [5, 5.41) is 0. The van der Waals surface area contributed by atoms with Gasteiger partial charge in [0.2, 0.25) is 0 Å². The van der Waals surface area contributed by atoms with Gasteiger partial charge in [0.1, 0.15) is 16.6 Å². The quantitative estimate of drug-likeness (QED) is 0.274. The van der Waals surface area contributed by atoms with E-state index in [1.165, 1.54) is 0 Å². The Morgan fingerprint density at radius 3 is 2.32 bits per heavy atom. The minimum absolute atomic E-state index is 0.147. The highest BCUT2D eigenvalue weighted by Crippen LogP contribution is 2.21. The second-order valence-electron chi connectivity index (χ2n) is 6.40. The molecule has 0 unspecified atom stereocenters. The number of hydrogen-bond donors (Lipinski definition) is 0. The van der Waals surface area contributed by atoms with Gasteiger partial charge in [-0.2, -0.15) is 0 Å². The molecule has 0 radical (unpaired) electrons. The minimum Gasteiger partial charge on any atom is -0.464 e. The lowest BCUT2D eigenvalue weighted by Crippen LogP contribution is -2.34. The summed E-state index contributed by atoms with van der Waals surface area (Å²) in [7, 11) is 0. The summed E-state index contributed by atoms with van der Waals surface area (Å²) in [6.07, 6.45) is 0. The first kappa shape index (κ1) is 22.2. The zero-order chi connectivity index (χ0) is 19.0. The summed E-state index contributed by atoms with van der Waals surface area (Å²) >= 11 is 5.52. The van der Waals surface area contributed by atoms with Gasteiger partial charge >= 0.3 is 11.9 Å². The molecule has 0 N–H and O–H groups in total. The molecule has 0 aliphatic heterocycles. The monoisotopic (exact) mass is 525 g/mol. The van der Waals surface area contributed by atoms with Crippen molar-refractivity contribution in [3.05, 3.63) is 28.7 Å². The van der Waals surface area contributed by atoms with Crippen LogP contribution in [0.25, 0.3) is 0 Å². The Morgan fingerprint density at radius 1 is 1.20 bits per heavy atom. The van der Waals surface area contributed by atoms with Crippen molar-refractivity contribution in [3.8, 4) is 0 Å². The Bertz CT molecular complexity index is 587. The van der Waals surface area contributed by atoms with Crippen molar-refractivity contribution in [2.45, 2.75) is 31.1 Å². The zero-order valence-corrected chi connectivity index (χ0v) is 18.8. The number of benzene rings is 1. The summed E-state index contributed by atoms with van der Waals surface area (Å²) in [5.74, 6) is -0.605. The number of halogens is 2. The van der Waals surface area contributed by atoms with E-state index in [1.54, 1.807) is 13.8 Å². The molecule has 1 aromatic rings. The SMILES string of the molecule is CC(C)C(=O)OCCN(CCOC(=O)C(C)(C)I)c1cccc(Br)c1. The van der Waals surface area contributed by atoms with Crippen molar-refractivity contribution < 1.29 is 19.1 Å². The van der Waals surface area contributed by atoms with E-state index in [9.17, 15) is 9.59 Å². The summed E-state index contributed by atoms with van der Waals surface area (Å²) in [6, 6.07) is 7.83. The topological polar surface area (TPSA) is 55.8 Å². The molecule has 0 heterocycles. The molecule has 0 saturated heterocycles. The molecular formula is C18H25BrINO4. The van der Waals surface area contributed by atoms with Crippen LogP contribution in [-0.4, -0.2) is 41.7 Å². The average molecular weight is 526 g/mol. The van der Waals surface area contributed by atoms with Crippen molar-refractivity contribution in [2.75, 3.05) is 31.2 Å². The number of esters is 2. The highest BCUT2D eigenvalue weighted by atomic mass is 127. The molecule has 25 heavy (non-hydrogen) atoms. The van der Waals surface area contributed by atoms with E-state index >= 15 is 0 Å². The molecule has 0 aliphatic carbocycles. The van der Waals surface area contributed by atoms with Crippen LogP contribution in [0.3, 0.4) is 0 Å². The van der Waals surface area contributed by atoms with Crippen molar-refractivity contribution in [1.29, 1.82) is 0 Å². The van der Waals surface area contributed by atoms with Gasteiger partial charge in [-0.15, -0.1) is 0 Å². The van der Waals surface area contributed by atoms with Crippen LogP contribution >= 0.6 is 38.5 Å². The Balaban J connectivity index is 2.65. The second kappa shape index (κ2) is 10.4. The third kappa shape index (κ3) is 8.40. The predicted molar refractivity (Wildman–Crippen MR) is 111 cm³/mol. The van der Waals surface area contributed by atoms with Crippen molar-refractivity contribution in [3.63, 3.8) is 0 Å². The molecule has 1 rings (SSSR count). The summed E-state index contributed by atoms with van der Waals surface area (Å²) < 4.78 is 11.0. The van der Waals surface area contributed by atoms with Crippen LogP contribution in [0.2, 0.25) is 0 Å². The fourth-order valence-electron chi connectivity index (χ4n) is 1.89. The summed E-state index contributed by atoms with van der Waals surface area (Å²) in [5.41, 5.74) is 0.972.